The van der Waals surface area contributed by atoms with Crippen molar-refractivity contribution in [2.75, 3.05) is 72.1 Å². The van der Waals surface area contributed by atoms with Crippen LogP contribution in [0.5, 0.6) is 0 Å². The Morgan fingerprint density at radius 3 is 2.54 bits per heavy atom. The summed E-state index contributed by atoms with van der Waals surface area (Å²) >= 11 is 5.59. The predicted octanol–water partition coefficient (Wildman–Crippen LogP) is -1.31. The number of rotatable bonds is 6. The molecule has 2 aliphatic rings. The Bertz CT molecular complexity index is 566. The van der Waals surface area contributed by atoms with Gasteiger partial charge in [0, 0.05) is 0 Å². The number of hydrogen-bond acceptors (Lipinski definition) is 2. The molecule has 3 rings (SSSR count). The number of nitrogens with zero attached hydrogens (tertiary/aromatic N) is 1. The molecule has 6 heteroatoms. The summed E-state index contributed by atoms with van der Waals surface area (Å²) in [5, 5.41) is 4.38. The summed E-state index contributed by atoms with van der Waals surface area (Å²) in [4.78, 5) is 5.58. The molecule has 0 spiro atoms. The highest BCUT2D eigenvalue weighted by Gasteiger charge is 2.21. The molecule has 0 radical (unpaired) electrons. The normalized spacial score (nSPS) is 19.8. The van der Waals surface area contributed by atoms with E-state index in [1.165, 1.54) is 5.56 Å². The number of ether oxygens (including phenoxy) is 1. The zero-order chi connectivity index (χ0) is 18.0. The molecular weight excluding hydrogens is 344 g/mol. The molecule has 1 aromatic rings. The van der Waals surface area contributed by atoms with Crippen molar-refractivity contribution in [3.8, 4) is 0 Å². The van der Waals surface area contributed by atoms with E-state index in [0.29, 0.717) is 0 Å². The first-order chi connectivity index (χ1) is 12.8. The average Bonchev–Trinajstić information content (AvgIpc) is 2.70. The number of piperazine rings is 1. The summed E-state index contributed by atoms with van der Waals surface area (Å²) in [5.74, 6) is 0. The van der Waals surface area contributed by atoms with Crippen molar-refractivity contribution in [1.29, 1.82) is 0 Å². The van der Waals surface area contributed by atoms with Crippen LogP contribution in [0.25, 0.3) is 6.08 Å². The molecule has 2 heterocycles. The Morgan fingerprint density at radius 2 is 1.81 bits per heavy atom. The summed E-state index contributed by atoms with van der Waals surface area (Å²) in [6.45, 7) is 11.6. The van der Waals surface area contributed by atoms with Crippen molar-refractivity contribution in [2.24, 2.45) is 0 Å². The average molecular weight is 377 g/mol. The highest BCUT2D eigenvalue weighted by Crippen LogP contribution is 1.99. The number of morpholine rings is 1. The molecule has 0 aliphatic carbocycles. The minimum Gasteiger partial charge on any atom is -0.370 e. The van der Waals surface area contributed by atoms with Gasteiger partial charge in [0.15, 0.2) is 5.11 Å². The van der Waals surface area contributed by atoms with E-state index in [4.69, 9.17) is 17.0 Å². The lowest BCUT2D eigenvalue weighted by Gasteiger charge is -2.33. The van der Waals surface area contributed by atoms with Gasteiger partial charge in [-0.1, -0.05) is 36.4 Å². The Labute approximate surface area is 162 Å². The maximum atomic E-state index is 5.59. The quantitative estimate of drug-likeness (QED) is 0.539. The second kappa shape index (κ2) is 10.6. The molecule has 0 saturated carbocycles. The van der Waals surface area contributed by atoms with E-state index in [1.54, 1.807) is 9.80 Å². The predicted molar refractivity (Wildman–Crippen MR) is 110 cm³/mol. The number of quaternary nitrogens is 2. The number of benzene rings is 1. The SMILES string of the molecule is S=C(NCC[NH+]1CCOCC1)N1CC[NH+](C/C=C/c2ccccc2)CC1. The van der Waals surface area contributed by atoms with Crippen molar-refractivity contribution >= 4 is 23.4 Å². The first-order valence-corrected chi connectivity index (χ1v) is 10.2. The second-order valence-electron chi connectivity index (χ2n) is 7.10. The van der Waals surface area contributed by atoms with E-state index < -0.39 is 0 Å². The highest BCUT2D eigenvalue weighted by atomic mass is 32.1. The minimum absolute atomic E-state index is 0.892. The van der Waals surface area contributed by atoms with Crippen LogP contribution in [-0.4, -0.2) is 82.1 Å². The summed E-state index contributed by atoms with van der Waals surface area (Å²) in [6.07, 6.45) is 4.52. The molecule has 0 unspecified atom stereocenters. The third-order valence-electron chi connectivity index (χ3n) is 5.23. The molecule has 0 atom stereocenters. The molecule has 142 valence electrons. The Morgan fingerprint density at radius 1 is 1.08 bits per heavy atom. The lowest BCUT2D eigenvalue weighted by Crippen LogP contribution is -3.15. The molecule has 2 saturated heterocycles. The van der Waals surface area contributed by atoms with Crippen LogP contribution in [0.2, 0.25) is 0 Å². The summed E-state index contributed by atoms with van der Waals surface area (Å²) < 4.78 is 5.40. The fourth-order valence-corrected chi connectivity index (χ4v) is 3.81. The van der Waals surface area contributed by atoms with Crippen molar-refractivity contribution < 1.29 is 14.5 Å². The highest BCUT2D eigenvalue weighted by molar-refractivity contribution is 7.80. The monoisotopic (exact) mass is 376 g/mol. The van der Waals surface area contributed by atoms with Crippen LogP contribution in [-0.2, 0) is 4.74 Å². The lowest BCUT2D eigenvalue weighted by atomic mass is 10.2. The van der Waals surface area contributed by atoms with E-state index >= 15 is 0 Å². The molecule has 5 nitrogen and oxygen atoms in total. The first kappa shape index (κ1) is 19.3. The van der Waals surface area contributed by atoms with Gasteiger partial charge < -0.3 is 24.8 Å². The standard InChI is InChI=1S/C20H30N4OS/c26-20(21-8-10-23-15-17-25-18-16-23)24-13-11-22(12-14-24)9-4-7-19-5-2-1-3-6-19/h1-7H,8-18H2,(H,21,26)/p+2/b7-4+. The summed E-state index contributed by atoms with van der Waals surface area (Å²) in [7, 11) is 0. The van der Waals surface area contributed by atoms with Crippen LogP contribution in [0.1, 0.15) is 5.56 Å². The van der Waals surface area contributed by atoms with Gasteiger partial charge in [-0.25, -0.2) is 0 Å². The maximum Gasteiger partial charge on any atom is 0.169 e. The van der Waals surface area contributed by atoms with Crippen molar-refractivity contribution in [3.63, 3.8) is 0 Å². The molecule has 0 amide bonds. The molecule has 3 N–H and O–H groups in total. The van der Waals surface area contributed by atoms with Crippen LogP contribution in [0.4, 0.5) is 0 Å². The van der Waals surface area contributed by atoms with Crippen LogP contribution in [0.15, 0.2) is 36.4 Å². The van der Waals surface area contributed by atoms with Gasteiger partial charge in [0.05, 0.1) is 59.0 Å². The molecule has 0 bridgehead atoms. The zero-order valence-corrected chi connectivity index (χ0v) is 16.4. The summed E-state index contributed by atoms with van der Waals surface area (Å²) in [5.41, 5.74) is 1.28. The van der Waals surface area contributed by atoms with E-state index in [9.17, 15) is 0 Å². The first-order valence-electron chi connectivity index (χ1n) is 9.80. The smallest absolute Gasteiger partial charge is 0.169 e. The van der Waals surface area contributed by atoms with Gasteiger partial charge in [-0.05, 0) is 23.9 Å². The van der Waals surface area contributed by atoms with E-state index in [0.717, 1.165) is 77.2 Å². The maximum absolute atomic E-state index is 5.59. The largest absolute Gasteiger partial charge is 0.370 e. The van der Waals surface area contributed by atoms with E-state index in [-0.39, 0.29) is 0 Å². The van der Waals surface area contributed by atoms with Crippen LogP contribution < -0.4 is 15.1 Å². The van der Waals surface area contributed by atoms with Gasteiger partial charge in [0.2, 0.25) is 0 Å². The second-order valence-corrected chi connectivity index (χ2v) is 7.49. The molecule has 1 aromatic carbocycles. The van der Waals surface area contributed by atoms with Gasteiger partial charge in [-0.3, -0.25) is 0 Å². The summed E-state index contributed by atoms with van der Waals surface area (Å²) in [6, 6.07) is 10.5. The molecule has 26 heavy (non-hydrogen) atoms. The van der Waals surface area contributed by atoms with Crippen LogP contribution in [0.3, 0.4) is 0 Å². The van der Waals surface area contributed by atoms with Gasteiger partial charge in [0.25, 0.3) is 0 Å². The fraction of sp³-hybridized carbons (Fsp3) is 0.550. The van der Waals surface area contributed by atoms with Gasteiger partial charge >= 0.3 is 0 Å². The molecular formula is C20H32N4OS+2. The Hall–Kier alpha value is -1.47. The third-order valence-corrected chi connectivity index (χ3v) is 5.63. The Kier molecular flexibility index (Phi) is 7.88. The molecule has 2 aliphatic heterocycles. The fourth-order valence-electron chi connectivity index (χ4n) is 3.52. The number of thiocarbonyl (C=S) groups is 1. The van der Waals surface area contributed by atoms with E-state index in [2.05, 4.69) is 52.7 Å². The minimum atomic E-state index is 0.892. The third kappa shape index (κ3) is 6.36. The number of nitrogens with one attached hydrogen (secondary N) is 3. The van der Waals surface area contributed by atoms with Crippen molar-refractivity contribution in [2.45, 2.75) is 0 Å². The van der Waals surface area contributed by atoms with Gasteiger partial charge in [-0.2, -0.15) is 0 Å². The zero-order valence-electron chi connectivity index (χ0n) is 15.6. The Balaban J connectivity index is 1.30. The van der Waals surface area contributed by atoms with Crippen LogP contribution >= 0.6 is 12.2 Å². The van der Waals surface area contributed by atoms with Gasteiger partial charge in [-0.15, -0.1) is 0 Å². The van der Waals surface area contributed by atoms with Gasteiger partial charge in [0.1, 0.15) is 13.1 Å². The van der Waals surface area contributed by atoms with Crippen molar-refractivity contribution in [3.05, 3.63) is 42.0 Å². The molecule has 2 fully saturated rings. The lowest BCUT2D eigenvalue weighted by molar-refractivity contribution is -0.906. The van der Waals surface area contributed by atoms with Crippen molar-refractivity contribution in [1.82, 2.24) is 10.2 Å². The van der Waals surface area contributed by atoms with E-state index in [1.807, 2.05) is 0 Å². The molecule has 0 aromatic heterocycles. The number of hydrogen-bond donors (Lipinski definition) is 3. The van der Waals surface area contributed by atoms with Crippen LogP contribution in [0, 0.1) is 0 Å². The topological polar surface area (TPSA) is 33.4 Å².